The summed E-state index contributed by atoms with van der Waals surface area (Å²) in [5, 5.41) is 0. The van der Waals surface area contributed by atoms with Crippen molar-refractivity contribution in [3.05, 3.63) is 172 Å². The molecule has 0 bridgehead atoms. The van der Waals surface area contributed by atoms with E-state index in [1.807, 2.05) is 30.3 Å². The number of hydrogen-bond acceptors (Lipinski definition) is 7. The maximum absolute atomic E-state index is 13.4. The number of nitrogens with zero attached hydrogens (tertiary/aromatic N) is 3. The predicted molar refractivity (Wildman–Crippen MR) is 191 cm³/mol. The number of Topliss-reactive ketones (excluding diaryl/α,β-unsaturated/α-hetero) is 1. The number of benzene rings is 3. The molecule has 0 aliphatic carbocycles. The van der Waals surface area contributed by atoms with Crippen LogP contribution >= 0.6 is 0 Å². The summed E-state index contributed by atoms with van der Waals surface area (Å²) >= 11 is 0. The maximum Gasteiger partial charge on any atom is 0.321 e. The number of H-pyrrole nitrogens is 1. The van der Waals surface area contributed by atoms with Crippen LogP contribution in [0.15, 0.2) is 133 Å². The molecule has 0 spiro atoms. The minimum atomic E-state index is -1.10. The van der Waals surface area contributed by atoms with Gasteiger partial charge < -0.3 is 9.72 Å². The van der Waals surface area contributed by atoms with E-state index in [0.29, 0.717) is 40.2 Å². The first-order valence-electron chi connectivity index (χ1n) is 16.5. The summed E-state index contributed by atoms with van der Waals surface area (Å²) in [5.74, 6) is -2.27. The van der Waals surface area contributed by atoms with Gasteiger partial charge in [0.25, 0.3) is 5.56 Å². The van der Waals surface area contributed by atoms with Gasteiger partial charge in [-0.1, -0.05) is 54.6 Å². The van der Waals surface area contributed by atoms with Gasteiger partial charge in [-0.2, -0.15) is 0 Å². The maximum atomic E-state index is 13.4. The molecule has 0 fully saturated rings. The van der Waals surface area contributed by atoms with Gasteiger partial charge in [-0.25, -0.2) is 13.8 Å². The van der Waals surface area contributed by atoms with Gasteiger partial charge in [-0.15, -0.1) is 0 Å². The van der Waals surface area contributed by atoms with Crippen LogP contribution in [-0.2, 0) is 22.4 Å². The van der Waals surface area contributed by atoms with Crippen molar-refractivity contribution in [2.75, 3.05) is 6.61 Å². The summed E-state index contributed by atoms with van der Waals surface area (Å²) < 4.78 is 31.4. The first-order chi connectivity index (χ1) is 24.8. The standard InChI is InChI=1S/C25H22FN3O.C16H14FNO3/c26-21-12-10-19(11-13-21)23-24(20-14-16-27-17-15-20)28-22(29-25(23)30)9-5-4-8-18-6-2-1-3-7-18;1-2-21-16(20)14(11-3-5-13(17)6-4-11)15(19)12-7-9-18-10-8-12/h1-3,6-7,10-17H,4-5,8-9H2,(H,28,29,30);3-10,14H,2H2,1H3. The summed E-state index contributed by atoms with van der Waals surface area (Å²) in [6.45, 7) is 1.83. The van der Waals surface area contributed by atoms with Crippen LogP contribution in [0.1, 0.15) is 53.0 Å². The number of pyridine rings is 2. The van der Waals surface area contributed by atoms with Gasteiger partial charge in [0, 0.05) is 42.3 Å². The third-order valence-electron chi connectivity index (χ3n) is 7.98. The third-order valence-corrected chi connectivity index (χ3v) is 7.98. The predicted octanol–water partition coefficient (Wildman–Crippen LogP) is 7.95. The van der Waals surface area contributed by atoms with Crippen molar-refractivity contribution in [3.63, 3.8) is 0 Å². The Labute approximate surface area is 294 Å². The molecule has 51 heavy (non-hydrogen) atoms. The molecule has 3 heterocycles. The topological polar surface area (TPSA) is 115 Å². The summed E-state index contributed by atoms with van der Waals surface area (Å²) in [4.78, 5) is 53.2. The largest absolute Gasteiger partial charge is 0.465 e. The van der Waals surface area contributed by atoms with E-state index in [1.165, 1.54) is 66.5 Å². The minimum Gasteiger partial charge on any atom is -0.465 e. The Morgan fingerprint density at radius 3 is 1.94 bits per heavy atom. The summed E-state index contributed by atoms with van der Waals surface area (Å²) in [5.41, 5.74) is 4.31. The van der Waals surface area contributed by atoms with Crippen molar-refractivity contribution >= 4 is 11.8 Å². The van der Waals surface area contributed by atoms with Crippen LogP contribution in [0.5, 0.6) is 0 Å². The lowest BCUT2D eigenvalue weighted by atomic mass is 9.91. The van der Waals surface area contributed by atoms with Gasteiger partial charge in [0.05, 0.1) is 17.9 Å². The molecule has 1 unspecified atom stereocenters. The minimum absolute atomic E-state index is 0.167. The lowest BCUT2D eigenvalue weighted by Crippen LogP contribution is -2.24. The van der Waals surface area contributed by atoms with E-state index in [4.69, 9.17) is 9.72 Å². The molecule has 0 aliphatic heterocycles. The number of halogens is 2. The number of unbranched alkanes of at least 4 members (excludes halogenated alkanes) is 1. The average molecular weight is 687 g/mol. The van der Waals surface area contributed by atoms with Crippen molar-refractivity contribution in [3.8, 4) is 22.4 Å². The monoisotopic (exact) mass is 686 g/mol. The van der Waals surface area contributed by atoms with E-state index < -0.39 is 23.5 Å². The van der Waals surface area contributed by atoms with Gasteiger partial charge in [0.1, 0.15) is 23.4 Å². The zero-order valence-electron chi connectivity index (χ0n) is 28.0. The van der Waals surface area contributed by atoms with E-state index in [2.05, 4.69) is 27.1 Å². The van der Waals surface area contributed by atoms with E-state index in [0.717, 1.165) is 24.8 Å². The molecule has 3 aromatic carbocycles. The van der Waals surface area contributed by atoms with Crippen LogP contribution < -0.4 is 5.56 Å². The summed E-state index contributed by atoms with van der Waals surface area (Å²) in [7, 11) is 0. The Balaban J connectivity index is 0.000000211. The molecule has 0 amide bonds. The third kappa shape index (κ3) is 9.95. The fourth-order valence-electron chi connectivity index (χ4n) is 5.47. The molecular formula is C41H36F2N4O4. The molecule has 0 saturated heterocycles. The van der Waals surface area contributed by atoms with Gasteiger partial charge in [-0.3, -0.25) is 24.4 Å². The van der Waals surface area contributed by atoms with E-state index in [9.17, 15) is 23.2 Å². The molecular weight excluding hydrogens is 650 g/mol. The van der Waals surface area contributed by atoms with Gasteiger partial charge in [0.2, 0.25) is 0 Å². The molecule has 1 N–H and O–H groups in total. The molecule has 3 aromatic heterocycles. The van der Waals surface area contributed by atoms with Crippen LogP contribution in [0.3, 0.4) is 0 Å². The van der Waals surface area contributed by atoms with Crippen molar-refractivity contribution in [1.82, 2.24) is 19.9 Å². The highest BCUT2D eigenvalue weighted by molar-refractivity contribution is 6.12. The van der Waals surface area contributed by atoms with Crippen LogP contribution in [0, 0.1) is 11.6 Å². The average Bonchev–Trinajstić information content (AvgIpc) is 3.16. The number of aromatic amines is 1. The van der Waals surface area contributed by atoms with E-state index in [-0.39, 0.29) is 18.0 Å². The van der Waals surface area contributed by atoms with Gasteiger partial charge in [0.15, 0.2) is 5.78 Å². The number of hydrogen-bond donors (Lipinski definition) is 1. The second kappa shape index (κ2) is 18.0. The van der Waals surface area contributed by atoms with Crippen LogP contribution in [-0.4, -0.2) is 38.3 Å². The summed E-state index contributed by atoms with van der Waals surface area (Å²) in [6, 6.07) is 28.2. The number of ether oxygens (including phenoxy) is 1. The Bertz CT molecular complexity index is 2080. The van der Waals surface area contributed by atoms with Crippen LogP contribution in [0.25, 0.3) is 22.4 Å². The number of aryl methyl sites for hydroxylation is 2. The fourth-order valence-corrected chi connectivity index (χ4v) is 5.47. The molecule has 0 radical (unpaired) electrons. The lowest BCUT2D eigenvalue weighted by Gasteiger charge is -2.15. The molecule has 6 rings (SSSR count). The first kappa shape index (κ1) is 36.1. The highest BCUT2D eigenvalue weighted by Gasteiger charge is 2.30. The molecule has 6 aromatic rings. The lowest BCUT2D eigenvalue weighted by molar-refractivity contribution is -0.143. The second-order valence-corrected chi connectivity index (χ2v) is 11.5. The smallest absolute Gasteiger partial charge is 0.321 e. The Kier molecular flexibility index (Phi) is 12.8. The number of carbonyl (C=O) groups is 2. The number of rotatable bonds is 12. The zero-order chi connectivity index (χ0) is 36.0. The van der Waals surface area contributed by atoms with Crippen molar-refractivity contribution in [2.45, 2.75) is 38.5 Å². The molecule has 1 atom stereocenters. The van der Waals surface area contributed by atoms with Crippen molar-refractivity contribution < 1.29 is 23.1 Å². The van der Waals surface area contributed by atoms with E-state index >= 15 is 0 Å². The number of aromatic nitrogens is 4. The quantitative estimate of drug-likeness (QED) is 0.0601. The summed E-state index contributed by atoms with van der Waals surface area (Å²) in [6.07, 6.45) is 9.90. The Morgan fingerprint density at radius 1 is 0.725 bits per heavy atom. The molecule has 8 nitrogen and oxygen atoms in total. The van der Waals surface area contributed by atoms with Crippen LogP contribution in [0.4, 0.5) is 8.78 Å². The van der Waals surface area contributed by atoms with Crippen LogP contribution in [0.2, 0.25) is 0 Å². The molecule has 0 aliphatic rings. The zero-order valence-corrected chi connectivity index (χ0v) is 28.0. The number of carbonyl (C=O) groups excluding carboxylic acids is 2. The molecule has 258 valence electrons. The van der Waals surface area contributed by atoms with E-state index in [1.54, 1.807) is 31.5 Å². The van der Waals surface area contributed by atoms with Crippen molar-refractivity contribution in [2.24, 2.45) is 0 Å². The van der Waals surface area contributed by atoms with Gasteiger partial charge >= 0.3 is 5.97 Å². The Hall–Kier alpha value is -6.16. The van der Waals surface area contributed by atoms with Crippen molar-refractivity contribution in [1.29, 1.82) is 0 Å². The molecule has 10 heteroatoms. The normalized spacial score (nSPS) is 11.2. The first-order valence-corrected chi connectivity index (χ1v) is 16.5. The SMILES string of the molecule is CCOC(=O)C(C(=O)c1ccncc1)c1ccc(F)cc1.O=c1[nH]c(CCCCc2ccccc2)nc(-c2ccncc2)c1-c1ccc(F)cc1. The highest BCUT2D eigenvalue weighted by Crippen LogP contribution is 2.28. The number of esters is 1. The number of nitrogens with one attached hydrogen (secondary N) is 1. The van der Waals surface area contributed by atoms with Gasteiger partial charge in [-0.05, 0) is 91.4 Å². The highest BCUT2D eigenvalue weighted by atomic mass is 19.1. The number of ketones is 1. The second-order valence-electron chi connectivity index (χ2n) is 11.5. The fraction of sp³-hybridized carbons (Fsp3) is 0.171. The molecule has 0 saturated carbocycles. The Morgan fingerprint density at radius 2 is 1.31 bits per heavy atom.